The molecule has 0 bridgehead atoms. The highest BCUT2D eigenvalue weighted by molar-refractivity contribution is 5.98. The van der Waals surface area contributed by atoms with Gasteiger partial charge in [0, 0.05) is 32.7 Å². The van der Waals surface area contributed by atoms with Gasteiger partial charge in [-0.25, -0.2) is 4.79 Å². The van der Waals surface area contributed by atoms with E-state index in [4.69, 9.17) is 17.3 Å². The van der Waals surface area contributed by atoms with Gasteiger partial charge in [-0.05, 0) is 60.2 Å². The Labute approximate surface area is 205 Å². The Morgan fingerprint density at radius 3 is 2.59 bits per heavy atom. The van der Waals surface area contributed by atoms with Gasteiger partial charge in [0.25, 0.3) is 0 Å². The zero-order chi connectivity index (χ0) is 28.5. The number of pyridine rings is 1. The third-order valence-electron chi connectivity index (χ3n) is 5.37. The molecule has 0 radical (unpaired) electrons. The van der Waals surface area contributed by atoms with E-state index in [1.54, 1.807) is 49.4 Å². The number of carbonyl (C=O) groups is 2. The number of aromatic nitrogens is 1. The van der Waals surface area contributed by atoms with Gasteiger partial charge in [0.15, 0.2) is 0 Å². The van der Waals surface area contributed by atoms with E-state index in [0.717, 1.165) is 5.56 Å². The SMILES string of the molecule is [2H]c1nccc2cc(NC(=O)[C@@H](c3ccc(C([2H])([2H])OC(=O)c4ccc(C)cc4C)cc3)C([2H])([2H])N)ccc12. The molecule has 1 amide bonds. The van der Waals surface area contributed by atoms with Gasteiger partial charge in [-0.2, -0.15) is 0 Å². The first-order valence-corrected chi connectivity index (χ1v) is 10.6. The summed E-state index contributed by atoms with van der Waals surface area (Å²) in [6, 6.07) is 17.1. The summed E-state index contributed by atoms with van der Waals surface area (Å²) in [5.41, 5.74) is 8.22. The second-order valence-electron chi connectivity index (χ2n) is 7.88. The molecule has 6 heteroatoms. The number of esters is 1. The van der Waals surface area contributed by atoms with Crippen molar-refractivity contribution in [2.45, 2.75) is 26.3 Å². The molecule has 34 heavy (non-hydrogen) atoms. The largest absolute Gasteiger partial charge is 0.457 e. The zero-order valence-electron chi connectivity index (χ0n) is 23.8. The van der Waals surface area contributed by atoms with E-state index >= 15 is 0 Å². The molecule has 172 valence electrons. The molecule has 0 saturated carbocycles. The van der Waals surface area contributed by atoms with Crippen LogP contribution in [0.5, 0.6) is 0 Å². The minimum Gasteiger partial charge on any atom is -0.457 e. The fraction of sp³-hybridized carbons (Fsp3) is 0.179. The molecule has 4 aromatic rings. The average Bonchev–Trinajstić information content (AvgIpc) is 2.83. The molecule has 0 spiro atoms. The van der Waals surface area contributed by atoms with Crippen molar-refractivity contribution < 1.29 is 21.2 Å². The number of hydrogen-bond acceptors (Lipinski definition) is 5. The summed E-state index contributed by atoms with van der Waals surface area (Å²) < 4.78 is 45.8. The second kappa shape index (κ2) is 10.3. The molecule has 0 aliphatic carbocycles. The Kier molecular flexibility index (Phi) is 5.27. The van der Waals surface area contributed by atoms with Crippen molar-refractivity contribution in [3.8, 4) is 0 Å². The molecule has 1 atom stereocenters. The van der Waals surface area contributed by atoms with Crippen LogP contribution in [0.1, 0.15) is 45.4 Å². The summed E-state index contributed by atoms with van der Waals surface area (Å²) in [6.45, 7) is -1.31. The first-order chi connectivity index (χ1) is 18.3. The van der Waals surface area contributed by atoms with E-state index in [2.05, 4.69) is 10.3 Å². The van der Waals surface area contributed by atoms with Crippen molar-refractivity contribution in [3.63, 3.8) is 0 Å². The van der Waals surface area contributed by atoms with Crippen LogP contribution in [0.2, 0.25) is 0 Å². The number of aryl methyl sites for hydroxylation is 2. The van der Waals surface area contributed by atoms with Crippen molar-refractivity contribution in [1.29, 1.82) is 0 Å². The lowest BCUT2D eigenvalue weighted by Gasteiger charge is -2.16. The van der Waals surface area contributed by atoms with Crippen LogP contribution in [0.15, 0.2) is 79.1 Å². The summed E-state index contributed by atoms with van der Waals surface area (Å²) in [5, 5.41) is 3.96. The molecule has 4 rings (SSSR count). The lowest BCUT2D eigenvalue weighted by molar-refractivity contribution is -0.117. The van der Waals surface area contributed by atoms with Crippen LogP contribution in [0.3, 0.4) is 0 Å². The number of rotatable bonds is 7. The number of fused-ring (bicyclic) bond motifs is 1. The number of nitrogens with one attached hydrogen (secondary N) is 1. The smallest absolute Gasteiger partial charge is 0.338 e. The highest BCUT2D eigenvalue weighted by Crippen LogP contribution is 2.22. The molecule has 0 fully saturated rings. The number of amides is 1. The number of nitrogens with two attached hydrogens (primary N) is 1. The monoisotopic (exact) mass is 458 g/mol. The summed E-state index contributed by atoms with van der Waals surface area (Å²) >= 11 is 0. The molecule has 0 saturated heterocycles. The fourth-order valence-corrected chi connectivity index (χ4v) is 3.59. The molecule has 1 aromatic heterocycles. The van der Waals surface area contributed by atoms with E-state index < -0.39 is 30.9 Å². The van der Waals surface area contributed by atoms with E-state index in [9.17, 15) is 9.59 Å². The van der Waals surface area contributed by atoms with E-state index in [1.165, 1.54) is 30.5 Å². The van der Waals surface area contributed by atoms with E-state index in [-0.39, 0.29) is 22.9 Å². The molecular weight excluding hydrogens is 426 g/mol. The van der Waals surface area contributed by atoms with Crippen LogP contribution >= 0.6 is 0 Å². The summed E-state index contributed by atoms with van der Waals surface area (Å²) in [6.07, 6.45) is 1.58. The van der Waals surface area contributed by atoms with Gasteiger partial charge in [-0.3, -0.25) is 9.78 Å². The quantitative estimate of drug-likeness (QED) is 0.385. The molecule has 0 aliphatic heterocycles. The predicted octanol–water partition coefficient (Wildman–Crippen LogP) is 4.89. The maximum atomic E-state index is 13.2. The van der Waals surface area contributed by atoms with Crippen LogP contribution in [-0.2, 0) is 16.1 Å². The normalized spacial score (nSPS) is 14.7. The molecule has 1 heterocycles. The summed E-state index contributed by atoms with van der Waals surface area (Å²) in [5.74, 6) is -2.96. The number of carbonyl (C=O) groups excluding carboxylic acids is 2. The molecule has 3 N–H and O–H groups in total. The van der Waals surface area contributed by atoms with Crippen molar-refractivity contribution in [1.82, 2.24) is 4.98 Å². The lowest BCUT2D eigenvalue weighted by atomic mass is 9.97. The third kappa shape index (κ3) is 5.30. The maximum Gasteiger partial charge on any atom is 0.338 e. The third-order valence-corrected chi connectivity index (χ3v) is 5.37. The summed E-state index contributed by atoms with van der Waals surface area (Å²) in [7, 11) is 0. The van der Waals surface area contributed by atoms with Gasteiger partial charge >= 0.3 is 5.97 Å². The number of hydrogen-bond donors (Lipinski definition) is 2. The number of anilines is 1. The first kappa shape index (κ1) is 17.4. The highest BCUT2D eigenvalue weighted by Gasteiger charge is 2.19. The maximum absolute atomic E-state index is 13.2. The molecule has 0 unspecified atom stereocenters. The first-order valence-electron chi connectivity index (χ1n) is 13.1. The Bertz CT molecular complexity index is 1550. The zero-order valence-corrected chi connectivity index (χ0v) is 18.8. The Hall–Kier alpha value is -4.03. The van der Waals surface area contributed by atoms with E-state index in [1.807, 2.05) is 6.92 Å². The molecular formula is C28H27N3O3. The number of benzene rings is 3. The van der Waals surface area contributed by atoms with Crippen LogP contribution in [0.4, 0.5) is 5.69 Å². The standard InChI is InChI=1S/C28H27N3O3/c1-18-3-10-25(19(2)13-18)28(33)34-17-20-4-6-21(7-5-20)26(15-29)27(32)31-24-9-8-23-16-30-12-11-22(23)14-24/h3-14,16,26H,15,17,29H2,1-2H3,(H,31,32)/t26-/m1/s1/i15D2,16D,17D2. The predicted molar refractivity (Wildman–Crippen MR) is 134 cm³/mol. The average molecular weight is 459 g/mol. The van der Waals surface area contributed by atoms with Crippen LogP contribution in [0, 0.1) is 13.8 Å². The van der Waals surface area contributed by atoms with Gasteiger partial charge in [-0.15, -0.1) is 0 Å². The van der Waals surface area contributed by atoms with Crippen LogP contribution in [-0.4, -0.2) is 23.4 Å². The van der Waals surface area contributed by atoms with Crippen molar-refractivity contribution in [2.24, 2.45) is 5.73 Å². The topological polar surface area (TPSA) is 94.3 Å². The van der Waals surface area contributed by atoms with Crippen LogP contribution in [0.25, 0.3) is 10.8 Å². The Morgan fingerprint density at radius 1 is 1.06 bits per heavy atom. The molecule has 3 aromatic carbocycles. The van der Waals surface area contributed by atoms with Gasteiger partial charge < -0.3 is 15.8 Å². The second-order valence-corrected chi connectivity index (χ2v) is 7.88. The van der Waals surface area contributed by atoms with Gasteiger partial charge in [-0.1, -0.05) is 48.0 Å². The van der Waals surface area contributed by atoms with Gasteiger partial charge in [0.05, 0.1) is 15.6 Å². The molecule has 6 nitrogen and oxygen atoms in total. The number of nitrogens with zero attached hydrogens (tertiary/aromatic N) is 1. The Balaban J connectivity index is 1.55. The summed E-state index contributed by atoms with van der Waals surface area (Å²) in [4.78, 5) is 29.7. The van der Waals surface area contributed by atoms with Crippen molar-refractivity contribution >= 4 is 28.3 Å². The Morgan fingerprint density at radius 2 is 1.85 bits per heavy atom. The fourth-order valence-electron chi connectivity index (χ4n) is 3.59. The highest BCUT2D eigenvalue weighted by atomic mass is 16.5. The minimum atomic E-state index is -2.48. The van der Waals surface area contributed by atoms with Gasteiger partial charge in [0.1, 0.15) is 6.56 Å². The van der Waals surface area contributed by atoms with Gasteiger partial charge in [0.2, 0.25) is 5.91 Å². The van der Waals surface area contributed by atoms with Crippen molar-refractivity contribution in [2.75, 3.05) is 11.8 Å². The molecule has 0 aliphatic rings. The van der Waals surface area contributed by atoms with Crippen molar-refractivity contribution in [3.05, 3.63) is 107 Å². The minimum absolute atomic E-state index is 0.00967. The lowest BCUT2D eigenvalue weighted by Crippen LogP contribution is -2.27. The van der Waals surface area contributed by atoms with Crippen LogP contribution < -0.4 is 11.1 Å². The number of ether oxygens (including phenoxy) is 1. The van der Waals surface area contributed by atoms with E-state index in [0.29, 0.717) is 22.0 Å².